The molecule has 4 heteroatoms. The molecule has 0 amide bonds. The summed E-state index contributed by atoms with van der Waals surface area (Å²) >= 11 is 0. The molecular formula is C17H26N4. The Labute approximate surface area is 127 Å². The van der Waals surface area contributed by atoms with Gasteiger partial charge in [-0.15, -0.1) is 0 Å². The molecule has 3 rings (SSSR count). The van der Waals surface area contributed by atoms with Gasteiger partial charge in [-0.3, -0.25) is 0 Å². The van der Waals surface area contributed by atoms with E-state index in [1.54, 1.807) is 0 Å². The smallest absolute Gasteiger partial charge is 0.151 e. The molecule has 0 radical (unpaired) electrons. The Kier molecular flexibility index (Phi) is 4.15. The van der Waals surface area contributed by atoms with E-state index < -0.39 is 0 Å². The van der Waals surface area contributed by atoms with Crippen molar-refractivity contribution in [2.75, 3.05) is 11.4 Å². The number of nitrogens with two attached hydrogens (primary N) is 1. The van der Waals surface area contributed by atoms with E-state index in [-0.39, 0.29) is 6.04 Å². The number of hydrogen-bond acceptors (Lipinski definition) is 3. The summed E-state index contributed by atoms with van der Waals surface area (Å²) in [6, 6.07) is 7.09. The van der Waals surface area contributed by atoms with Gasteiger partial charge in [0.05, 0.1) is 5.69 Å². The molecule has 1 aliphatic carbocycles. The fourth-order valence-electron chi connectivity index (χ4n) is 2.94. The molecule has 1 aliphatic rings. The van der Waals surface area contributed by atoms with Gasteiger partial charge in [-0.25, -0.2) is 4.98 Å². The predicted octanol–water partition coefficient (Wildman–Crippen LogP) is 2.99. The zero-order valence-corrected chi connectivity index (χ0v) is 13.1. The Hall–Kier alpha value is -1.55. The number of rotatable bonds is 7. The lowest BCUT2D eigenvalue weighted by Crippen LogP contribution is -2.29. The minimum atomic E-state index is 0.200. The van der Waals surface area contributed by atoms with E-state index in [0.29, 0.717) is 6.04 Å². The van der Waals surface area contributed by atoms with Gasteiger partial charge in [0.25, 0.3) is 0 Å². The number of anilines is 1. The second-order valence-corrected chi connectivity index (χ2v) is 6.11. The summed E-state index contributed by atoms with van der Waals surface area (Å²) in [5.74, 6) is 1.16. The summed E-state index contributed by atoms with van der Waals surface area (Å²) in [4.78, 5) is 7.42. The monoisotopic (exact) mass is 286 g/mol. The highest BCUT2D eigenvalue weighted by Gasteiger charge is 2.32. The number of nitrogens with zero attached hydrogens (tertiary/aromatic N) is 3. The van der Waals surface area contributed by atoms with Crippen LogP contribution in [0.25, 0.3) is 5.65 Å². The molecular weight excluding hydrogens is 260 g/mol. The van der Waals surface area contributed by atoms with Crippen LogP contribution in [0.2, 0.25) is 0 Å². The number of hydrogen-bond donors (Lipinski definition) is 1. The molecule has 0 spiro atoms. The van der Waals surface area contributed by atoms with Crippen LogP contribution >= 0.6 is 0 Å². The number of fused-ring (bicyclic) bond motifs is 1. The third-order valence-corrected chi connectivity index (χ3v) is 4.31. The fraction of sp³-hybridized carbons (Fsp3) is 0.588. The summed E-state index contributed by atoms with van der Waals surface area (Å²) in [7, 11) is 0. The largest absolute Gasteiger partial charge is 0.352 e. The van der Waals surface area contributed by atoms with Gasteiger partial charge in [-0.1, -0.05) is 19.9 Å². The van der Waals surface area contributed by atoms with E-state index in [2.05, 4.69) is 47.5 Å². The van der Waals surface area contributed by atoms with Crippen molar-refractivity contribution in [3.63, 3.8) is 0 Å². The molecule has 1 atom stereocenters. The van der Waals surface area contributed by atoms with Crippen molar-refractivity contribution in [2.45, 2.75) is 58.0 Å². The lowest BCUT2D eigenvalue weighted by atomic mass is 10.1. The minimum absolute atomic E-state index is 0.200. The van der Waals surface area contributed by atoms with E-state index in [9.17, 15) is 0 Å². The Balaban J connectivity index is 2.04. The number of aromatic nitrogens is 2. The Morgan fingerprint density at radius 1 is 1.38 bits per heavy atom. The first-order valence-electron chi connectivity index (χ1n) is 8.22. The predicted molar refractivity (Wildman–Crippen MR) is 87.8 cm³/mol. The minimum Gasteiger partial charge on any atom is -0.352 e. The summed E-state index contributed by atoms with van der Waals surface area (Å²) in [6.07, 6.45) is 7.76. The molecule has 0 aliphatic heterocycles. The SMILES string of the molecule is CCCN(c1nc2ccccn2c1CC(N)CC)C1CC1. The average Bonchev–Trinajstić information content (AvgIpc) is 3.28. The number of pyridine rings is 1. The molecule has 1 saturated carbocycles. The van der Waals surface area contributed by atoms with E-state index in [4.69, 9.17) is 10.7 Å². The van der Waals surface area contributed by atoms with Crippen molar-refractivity contribution < 1.29 is 0 Å². The van der Waals surface area contributed by atoms with Crippen molar-refractivity contribution in [1.29, 1.82) is 0 Å². The van der Waals surface area contributed by atoms with E-state index in [0.717, 1.165) is 37.3 Å². The van der Waals surface area contributed by atoms with Gasteiger partial charge in [-0.2, -0.15) is 0 Å². The number of imidazole rings is 1. The maximum atomic E-state index is 6.23. The zero-order chi connectivity index (χ0) is 14.8. The first-order valence-corrected chi connectivity index (χ1v) is 8.22. The van der Waals surface area contributed by atoms with Crippen LogP contribution < -0.4 is 10.6 Å². The van der Waals surface area contributed by atoms with E-state index in [1.807, 2.05) is 0 Å². The van der Waals surface area contributed by atoms with Crippen LogP contribution in [-0.2, 0) is 6.42 Å². The van der Waals surface area contributed by atoms with Gasteiger partial charge in [-0.05, 0) is 37.8 Å². The molecule has 2 aromatic rings. The molecule has 1 unspecified atom stereocenters. The third kappa shape index (κ3) is 2.91. The van der Waals surface area contributed by atoms with Gasteiger partial charge in [0.2, 0.25) is 0 Å². The van der Waals surface area contributed by atoms with E-state index in [1.165, 1.54) is 18.5 Å². The maximum absolute atomic E-state index is 6.23. The van der Waals surface area contributed by atoms with Crippen LogP contribution in [0, 0.1) is 0 Å². The zero-order valence-electron chi connectivity index (χ0n) is 13.1. The highest BCUT2D eigenvalue weighted by molar-refractivity contribution is 5.57. The van der Waals surface area contributed by atoms with Gasteiger partial charge >= 0.3 is 0 Å². The molecule has 0 bridgehead atoms. The van der Waals surface area contributed by atoms with Crippen LogP contribution in [0.5, 0.6) is 0 Å². The van der Waals surface area contributed by atoms with Crippen molar-refractivity contribution in [2.24, 2.45) is 5.73 Å². The normalized spacial score (nSPS) is 16.3. The topological polar surface area (TPSA) is 46.6 Å². The summed E-state index contributed by atoms with van der Waals surface area (Å²) in [5.41, 5.74) is 8.54. The van der Waals surface area contributed by atoms with Crippen LogP contribution in [0.1, 0.15) is 45.2 Å². The standard InChI is InChI=1S/C17H26N4/c1-3-10-20(14-8-9-14)17-15(12-13(18)4-2)21-11-6-5-7-16(21)19-17/h5-7,11,13-14H,3-4,8-10,12,18H2,1-2H3. The molecule has 1 fully saturated rings. The molecule has 2 heterocycles. The van der Waals surface area contributed by atoms with Crippen molar-refractivity contribution >= 4 is 11.5 Å². The molecule has 21 heavy (non-hydrogen) atoms. The van der Waals surface area contributed by atoms with Crippen molar-refractivity contribution in [3.05, 3.63) is 30.1 Å². The Bertz CT molecular complexity index is 600. The van der Waals surface area contributed by atoms with Gasteiger partial charge < -0.3 is 15.0 Å². The molecule has 2 N–H and O–H groups in total. The molecule has 0 aromatic carbocycles. The van der Waals surface area contributed by atoms with Crippen LogP contribution in [0.3, 0.4) is 0 Å². The third-order valence-electron chi connectivity index (χ3n) is 4.31. The van der Waals surface area contributed by atoms with E-state index >= 15 is 0 Å². The molecule has 0 saturated heterocycles. The summed E-state index contributed by atoms with van der Waals surface area (Å²) < 4.78 is 2.22. The quantitative estimate of drug-likeness (QED) is 0.851. The van der Waals surface area contributed by atoms with Crippen LogP contribution in [0.4, 0.5) is 5.82 Å². The first kappa shape index (κ1) is 14.4. The van der Waals surface area contributed by atoms with Crippen molar-refractivity contribution in [1.82, 2.24) is 9.38 Å². The molecule has 114 valence electrons. The average molecular weight is 286 g/mol. The second kappa shape index (κ2) is 6.06. The lowest BCUT2D eigenvalue weighted by Gasteiger charge is -2.23. The summed E-state index contributed by atoms with van der Waals surface area (Å²) in [5, 5.41) is 0. The maximum Gasteiger partial charge on any atom is 0.151 e. The highest BCUT2D eigenvalue weighted by Crippen LogP contribution is 2.34. The fourth-order valence-corrected chi connectivity index (χ4v) is 2.94. The van der Waals surface area contributed by atoms with Gasteiger partial charge in [0, 0.05) is 31.2 Å². The van der Waals surface area contributed by atoms with Crippen LogP contribution in [-0.4, -0.2) is 28.0 Å². The second-order valence-electron chi connectivity index (χ2n) is 6.11. The highest BCUT2D eigenvalue weighted by atomic mass is 15.3. The Morgan fingerprint density at radius 3 is 2.86 bits per heavy atom. The summed E-state index contributed by atoms with van der Waals surface area (Å²) in [6.45, 7) is 5.48. The van der Waals surface area contributed by atoms with Crippen LogP contribution in [0.15, 0.2) is 24.4 Å². The van der Waals surface area contributed by atoms with Crippen molar-refractivity contribution in [3.8, 4) is 0 Å². The Morgan fingerprint density at radius 2 is 2.19 bits per heavy atom. The van der Waals surface area contributed by atoms with Gasteiger partial charge in [0.15, 0.2) is 5.82 Å². The molecule has 2 aromatic heterocycles. The van der Waals surface area contributed by atoms with Gasteiger partial charge in [0.1, 0.15) is 5.65 Å². The molecule has 4 nitrogen and oxygen atoms in total. The first-order chi connectivity index (χ1) is 10.2. The lowest BCUT2D eigenvalue weighted by molar-refractivity contribution is 0.629.